The minimum absolute atomic E-state index is 0.0202. The molecule has 2 rings (SSSR count). The Bertz CT molecular complexity index is 474. The van der Waals surface area contributed by atoms with Gasteiger partial charge in [-0.25, -0.2) is 0 Å². The van der Waals surface area contributed by atoms with Crippen molar-refractivity contribution in [2.75, 3.05) is 6.54 Å². The lowest BCUT2D eigenvalue weighted by Crippen LogP contribution is -2.47. The van der Waals surface area contributed by atoms with Crippen molar-refractivity contribution < 1.29 is 9.59 Å². The minimum atomic E-state index is -0.152. The number of piperidine rings is 1. The van der Waals surface area contributed by atoms with E-state index in [0.717, 1.165) is 4.88 Å². The highest BCUT2D eigenvalue weighted by atomic mass is 35.5. The van der Waals surface area contributed by atoms with Gasteiger partial charge in [0, 0.05) is 30.0 Å². The van der Waals surface area contributed by atoms with E-state index in [4.69, 9.17) is 11.6 Å². The molecule has 1 aromatic rings. The molecule has 1 aliphatic heterocycles. The fraction of sp³-hybridized carbons (Fsp3) is 0.333. The molecule has 1 aromatic heterocycles. The summed E-state index contributed by atoms with van der Waals surface area (Å²) in [6, 6.07) is 3.67. The molecular weight excluding hydrogens is 272 g/mol. The van der Waals surface area contributed by atoms with Gasteiger partial charge in [0.25, 0.3) is 0 Å². The van der Waals surface area contributed by atoms with Gasteiger partial charge in [-0.15, -0.1) is 11.3 Å². The molecule has 1 saturated heterocycles. The molecule has 1 fully saturated rings. The summed E-state index contributed by atoms with van der Waals surface area (Å²) in [5.41, 5.74) is 0. The SMILES string of the molecule is O=C(C=Cc1ccc(Cl)s1)NC1CCC(=O)NC1. The molecule has 18 heavy (non-hydrogen) atoms. The fourth-order valence-electron chi connectivity index (χ4n) is 1.68. The molecule has 0 saturated carbocycles. The Hall–Kier alpha value is -1.33. The lowest BCUT2D eigenvalue weighted by atomic mass is 10.1. The predicted molar refractivity (Wildman–Crippen MR) is 72.5 cm³/mol. The van der Waals surface area contributed by atoms with Crippen LogP contribution in [0, 0.1) is 0 Å². The van der Waals surface area contributed by atoms with E-state index in [1.165, 1.54) is 17.4 Å². The van der Waals surface area contributed by atoms with E-state index in [1.54, 1.807) is 12.1 Å². The molecule has 96 valence electrons. The van der Waals surface area contributed by atoms with Gasteiger partial charge in [-0.3, -0.25) is 9.59 Å². The molecule has 1 unspecified atom stereocenters. The zero-order chi connectivity index (χ0) is 13.0. The number of amides is 2. The Morgan fingerprint density at radius 1 is 1.56 bits per heavy atom. The van der Waals surface area contributed by atoms with E-state index < -0.39 is 0 Å². The lowest BCUT2D eigenvalue weighted by Gasteiger charge is -2.22. The minimum Gasteiger partial charge on any atom is -0.354 e. The van der Waals surface area contributed by atoms with Crippen LogP contribution in [0.4, 0.5) is 0 Å². The summed E-state index contributed by atoms with van der Waals surface area (Å²) in [5, 5.41) is 5.57. The highest BCUT2D eigenvalue weighted by Gasteiger charge is 2.18. The summed E-state index contributed by atoms with van der Waals surface area (Å²) in [6.45, 7) is 0.503. The van der Waals surface area contributed by atoms with Crippen LogP contribution in [0.1, 0.15) is 17.7 Å². The van der Waals surface area contributed by atoms with Crippen molar-refractivity contribution in [2.24, 2.45) is 0 Å². The Labute approximate surface area is 114 Å². The third-order valence-electron chi connectivity index (χ3n) is 2.60. The fourth-order valence-corrected chi connectivity index (χ4v) is 2.64. The molecule has 1 aliphatic rings. The highest BCUT2D eigenvalue weighted by molar-refractivity contribution is 7.17. The first-order valence-electron chi connectivity index (χ1n) is 5.64. The van der Waals surface area contributed by atoms with Crippen LogP contribution in [-0.2, 0) is 9.59 Å². The van der Waals surface area contributed by atoms with Crippen molar-refractivity contribution in [3.8, 4) is 0 Å². The van der Waals surface area contributed by atoms with Crippen molar-refractivity contribution in [1.29, 1.82) is 0 Å². The van der Waals surface area contributed by atoms with Gasteiger partial charge in [0.15, 0.2) is 0 Å². The molecule has 4 nitrogen and oxygen atoms in total. The highest BCUT2D eigenvalue weighted by Crippen LogP contribution is 2.22. The largest absolute Gasteiger partial charge is 0.354 e. The van der Waals surface area contributed by atoms with E-state index in [0.29, 0.717) is 23.7 Å². The summed E-state index contributed by atoms with van der Waals surface area (Å²) in [7, 11) is 0. The van der Waals surface area contributed by atoms with Crippen LogP contribution in [0.15, 0.2) is 18.2 Å². The van der Waals surface area contributed by atoms with Crippen molar-refractivity contribution in [2.45, 2.75) is 18.9 Å². The summed E-state index contributed by atoms with van der Waals surface area (Å²) < 4.78 is 0.699. The van der Waals surface area contributed by atoms with Gasteiger partial charge in [-0.05, 0) is 24.6 Å². The molecule has 2 N–H and O–H groups in total. The van der Waals surface area contributed by atoms with Crippen molar-refractivity contribution in [1.82, 2.24) is 10.6 Å². The monoisotopic (exact) mass is 284 g/mol. The van der Waals surface area contributed by atoms with E-state index in [1.807, 2.05) is 6.07 Å². The molecular formula is C12H13ClN2O2S. The van der Waals surface area contributed by atoms with Gasteiger partial charge in [0.1, 0.15) is 0 Å². The molecule has 0 spiro atoms. The van der Waals surface area contributed by atoms with Crippen LogP contribution in [0.2, 0.25) is 4.34 Å². The maximum Gasteiger partial charge on any atom is 0.244 e. The number of thiophene rings is 1. The molecule has 0 bridgehead atoms. The molecule has 2 heterocycles. The van der Waals surface area contributed by atoms with Crippen LogP contribution in [0.3, 0.4) is 0 Å². The van der Waals surface area contributed by atoms with Gasteiger partial charge in [0.2, 0.25) is 11.8 Å². The number of halogens is 1. The maximum absolute atomic E-state index is 11.6. The quantitative estimate of drug-likeness (QED) is 0.832. The van der Waals surface area contributed by atoms with E-state index in [-0.39, 0.29) is 17.9 Å². The summed E-state index contributed by atoms with van der Waals surface area (Å²) in [4.78, 5) is 23.5. The van der Waals surface area contributed by atoms with Crippen molar-refractivity contribution >= 4 is 40.8 Å². The topological polar surface area (TPSA) is 58.2 Å². The molecule has 0 aromatic carbocycles. The first-order chi connectivity index (χ1) is 8.63. The molecule has 2 amide bonds. The van der Waals surface area contributed by atoms with E-state index in [2.05, 4.69) is 10.6 Å². The second-order valence-electron chi connectivity index (χ2n) is 4.02. The standard InChI is InChI=1S/C12H13ClN2O2S/c13-10-4-2-9(18-10)3-6-12(17)15-8-1-5-11(16)14-7-8/h2-4,6,8H,1,5,7H2,(H,14,16)(H,15,17). The number of nitrogens with one attached hydrogen (secondary N) is 2. The second-order valence-corrected chi connectivity index (χ2v) is 5.77. The second kappa shape index (κ2) is 6.02. The van der Waals surface area contributed by atoms with Crippen LogP contribution in [-0.4, -0.2) is 24.4 Å². The number of carbonyl (C=O) groups is 2. The first kappa shape index (κ1) is 13.1. The smallest absolute Gasteiger partial charge is 0.244 e. The number of rotatable bonds is 3. The predicted octanol–water partition coefficient (Wildman–Crippen LogP) is 1.81. The molecule has 6 heteroatoms. The third kappa shape index (κ3) is 3.85. The van der Waals surface area contributed by atoms with Crippen molar-refractivity contribution in [3.63, 3.8) is 0 Å². The summed E-state index contributed by atoms with van der Waals surface area (Å²) in [6.07, 6.45) is 4.37. The van der Waals surface area contributed by atoms with Gasteiger partial charge >= 0.3 is 0 Å². The summed E-state index contributed by atoms with van der Waals surface area (Å²) >= 11 is 7.21. The lowest BCUT2D eigenvalue weighted by molar-refractivity contribution is -0.124. The zero-order valence-corrected chi connectivity index (χ0v) is 11.2. The number of hydrogen-bond donors (Lipinski definition) is 2. The molecule has 1 atom stereocenters. The van der Waals surface area contributed by atoms with Crippen LogP contribution in [0.5, 0.6) is 0 Å². The van der Waals surface area contributed by atoms with Crippen molar-refractivity contribution in [3.05, 3.63) is 27.4 Å². The molecule has 0 aliphatic carbocycles. The Balaban J connectivity index is 1.81. The Kier molecular flexibility index (Phi) is 4.38. The first-order valence-corrected chi connectivity index (χ1v) is 6.83. The number of hydrogen-bond acceptors (Lipinski definition) is 3. The molecule has 0 radical (unpaired) electrons. The zero-order valence-electron chi connectivity index (χ0n) is 9.61. The van der Waals surface area contributed by atoms with Gasteiger partial charge in [-0.2, -0.15) is 0 Å². The van der Waals surface area contributed by atoms with Gasteiger partial charge < -0.3 is 10.6 Å². The third-order valence-corrected chi connectivity index (χ3v) is 3.80. The van der Waals surface area contributed by atoms with Crippen LogP contribution >= 0.6 is 22.9 Å². The summed E-state index contributed by atoms with van der Waals surface area (Å²) in [5.74, 6) is -0.107. The normalized spacial score (nSPS) is 19.8. The Morgan fingerprint density at radius 2 is 2.39 bits per heavy atom. The average Bonchev–Trinajstić information content (AvgIpc) is 2.76. The van der Waals surface area contributed by atoms with Crippen LogP contribution < -0.4 is 10.6 Å². The van der Waals surface area contributed by atoms with Gasteiger partial charge in [0.05, 0.1) is 4.34 Å². The number of carbonyl (C=O) groups excluding carboxylic acids is 2. The van der Waals surface area contributed by atoms with Crippen LogP contribution in [0.25, 0.3) is 6.08 Å². The van der Waals surface area contributed by atoms with E-state index >= 15 is 0 Å². The van der Waals surface area contributed by atoms with Gasteiger partial charge in [-0.1, -0.05) is 11.6 Å². The average molecular weight is 285 g/mol. The van der Waals surface area contributed by atoms with E-state index in [9.17, 15) is 9.59 Å². The Morgan fingerprint density at radius 3 is 3.00 bits per heavy atom. The maximum atomic E-state index is 11.6.